The molecule has 1 heterocycles. The lowest BCUT2D eigenvalue weighted by Gasteiger charge is -2.08. The van der Waals surface area contributed by atoms with Crippen LogP contribution in [0, 0.1) is 5.82 Å². The number of rotatable bonds is 7. The van der Waals surface area contributed by atoms with Gasteiger partial charge < -0.3 is 15.4 Å². The Bertz CT molecular complexity index is 929. The summed E-state index contributed by atoms with van der Waals surface area (Å²) in [6.45, 7) is -0.139. The molecule has 2 aromatic carbocycles. The van der Waals surface area contributed by atoms with E-state index in [0.29, 0.717) is 17.3 Å². The second kappa shape index (κ2) is 9.27. The summed E-state index contributed by atoms with van der Waals surface area (Å²) in [5, 5.41) is 5.21. The van der Waals surface area contributed by atoms with Gasteiger partial charge in [-0.15, -0.1) is 0 Å². The maximum Gasteiger partial charge on any atom is 0.243 e. The molecule has 0 saturated heterocycles. The second-order valence-electron chi connectivity index (χ2n) is 5.93. The molecule has 0 spiro atoms. The maximum absolute atomic E-state index is 12.9. The summed E-state index contributed by atoms with van der Waals surface area (Å²) in [4.78, 5) is 27.9. The Morgan fingerprint density at radius 2 is 1.68 bits per heavy atom. The number of pyridine rings is 1. The van der Waals surface area contributed by atoms with E-state index < -0.39 is 0 Å². The number of ether oxygens (including phenoxy) is 1. The molecule has 6 nitrogen and oxygen atoms in total. The molecule has 0 atom stereocenters. The third kappa shape index (κ3) is 5.91. The van der Waals surface area contributed by atoms with E-state index in [0.717, 1.165) is 5.56 Å². The van der Waals surface area contributed by atoms with E-state index in [1.807, 2.05) is 30.3 Å². The van der Waals surface area contributed by atoms with Crippen LogP contribution in [0.15, 0.2) is 72.9 Å². The molecule has 142 valence electrons. The van der Waals surface area contributed by atoms with Crippen LogP contribution in [0.4, 0.5) is 10.1 Å². The topological polar surface area (TPSA) is 80.3 Å². The largest absolute Gasteiger partial charge is 0.439 e. The molecule has 0 unspecified atom stereocenters. The van der Waals surface area contributed by atoms with Gasteiger partial charge in [0.2, 0.25) is 17.7 Å². The van der Waals surface area contributed by atoms with Crippen LogP contribution in [-0.2, 0) is 16.0 Å². The first-order chi connectivity index (χ1) is 13.6. The van der Waals surface area contributed by atoms with Gasteiger partial charge in [-0.1, -0.05) is 30.3 Å². The molecule has 0 aliphatic carbocycles. The number of benzene rings is 2. The van der Waals surface area contributed by atoms with E-state index in [-0.39, 0.29) is 30.6 Å². The highest BCUT2D eigenvalue weighted by Crippen LogP contribution is 2.20. The lowest BCUT2D eigenvalue weighted by molar-refractivity contribution is -0.123. The van der Waals surface area contributed by atoms with Crippen molar-refractivity contribution in [2.24, 2.45) is 0 Å². The van der Waals surface area contributed by atoms with Crippen LogP contribution in [0.25, 0.3) is 0 Å². The summed E-state index contributed by atoms with van der Waals surface area (Å²) in [6, 6.07) is 18.0. The number of hydrogen-bond acceptors (Lipinski definition) is 4. The van der Waals surface area contributed by atoms with Crippen LogP contribution in [0.2, 0.25) is 0 Å². The smallest absolute Gasteiger partial charge is 0.243 e. The van der Waals surface area contributed by atoms with Crippen molar-refractivity contribution >= 4 is 17.5 Å². The monoisotopic (exact) mass is 379 g/mol. The van der Waals surface area contributed by atoms with Crippen LogP contribution < -0.4 is 15.4 Å². The zero-order valence-electron chi connectivity index (χ0n) is 14.9. The number of halogens is 1. The minimum Gasteiger partial charge on any atom is -0.439 e. The fourth-order valence-electron chi connectivity index (χ4n) is 2.37. The van der Waals surface area contributed by atoms with E-state index in [1.54, 1.807) is 12.1 Å². The Hall–Kier alpha value is -3.74. The van der Waals surface area contributed by atoms with Crippen molar-refractivity contribution in [2.75, 3.05) is 11.9 Å². The Morgan fingerprint density at radius 3 is 2.36 bits per heavy atom. The fourth-order valence-corrected chi connectivity index (χ4v) is 2.37. The Labute approximate surface area is 161 Å². The molecule has 2 N–H and O–H groups in total. The third-order valence-electron chi connectivity index (χ3n) is 3.71. The van der Waals surface area contributed by atoms with Gasteiger partial charge in [0.05, 0.1) is 24.8 Å². The van der Waals surface area contributed by atoms with Crippen LogP contribution in [0.1, 0.15) is 5.56 Å². The van der Waals surface area contributed by atoms with Gasteiger partial charge in [0.15, 0.2) is 0 Å². The second-order valence-corrected chi connectivity index (χ2v) is 5.93. The minimum atomic E-state index is -0.365. The van der Waals surface area contributed by atoms with Gasteiger partial charge in [0, 0.05) is 6.07 Å². The molecule has 0 saturated carbocycles. The lowest BCUT2D eigenvalue weighted by atomic mass is 10.1. The van der Waals surface area contributed by atoms with Gasteiger partial charge in [-0.2, -0.15) is 0 Å². The Kier molecular flexibility index (Phi) is 6.30. The number of amides is 2. The first-order valence-electron chi connectivity index (χ1n) is 8.58. The van der Waals surface area contributed by atoms with Crippen molar-refractivity contribution in [1.82, 2.24) is 10.3 Å². The van der Waals surface area contributed by atoms with Crippen molar-refractivity contribution in [3.05, 3.63) is 84.3 Å². The summed E-state index contributed by atoms with van der Waals surface area (Å²) in [5.41, 5.74) is 1.34. The molecule has 1 aromatic heterocycles. The van der Waals surface area contributed by atoms with E-state index in [4.69, 9.17) is 4.74 Å². The third-order valence-corrected chi connectivity index (χ3v) is 3.71. The highest BCUT2D eigenvalue weighted by molar-refractivity contribution is 5.94. The summed E-state index contributed by atoms with van der Waals surface area (Å²) in [7, 11) is 0. The molecule has 3 aromatic rings. The van der Waals surface area contributed by atoms with Gasteiger partial charge in [0.25, 0.3) is 0 Å². The van der Waals surface area contributed by atoms with Crippen molar-refractivity contribution in [1.29, 1.82) is 0 Å². The zero-order valence-corrected chi connectivity index (χ0v) is 14.9. The van der Waals surface area contributed by atoms with Crippen LogP contribution in [0.3, 0.4) is 0 Å². The van der Waals surface area contributed by atoms with E-state index in [1.165, 1.54) is 30.5 Å². The van der Waals surface area contributed by atoms with E-state index in [9.17, 15) is 14.0 Å². The van der Waals surface area contributed by atoms with Gasteiger partial charge >= 0.3 is 0 Å². The molecule has 3 rings (SSSR count). The molecule has 2 amide bonds. The van der Waals surface area contributed by atoms with E-state index in [2.05, 4.69) is 15.6 Å². The van der Waals surface area contributed by atoms with E-state index >= 15 is 0 Å². The van der Waals surface area contributed by atoms with Crippen LogP contribution in [0.5, 0.6) is 11.6 Å². The number of aromatic nitrogens is 1. The van der Waals surface area contributed by atoms with Crippen LogP contribution >= 0.6 is 0 Å². The fraction of sp³-hybridized carbons (Fsp3) is 0.0952. The summed E-state index contributed by atoms with van der Waals surface area (Å²) in [6.07, 6.45) is 1.65. The van der Waals surface area contributed by atoms with Crippen molar-refractivity contribution < 1.29 is 18.7 Å². The van der Waals surface area contributed by atoms with Gasteiger partial charge in [0.1, 0.15) is 11.6 Å². The Balaban J connectivity index is 1.45. The van der Waals surface area contributed by atoms with Gasteiger partial charge in [-0.3, -0.25) is 9.59 Å². The molecule has 7 heteroatoms. The molecule has 0 bridgehead atoms. The molecule has 0 aliphatic rings. The summed E-state index contributed by atoms with van der Waals surface area (Å²) < 4.78 is 18.4. The number of carbonyl (C=O) groups is 2. The predicted octanol–water partition coefficient (Wildman–Crippen LogP) is 3.31. The number of nitrogens with zero attached hydrogens (tertiary/aromatic N) is 1. The number of hydrogen-bond donors (Lipinski definition) is 2. The number of anilines is 1. The molecule has 0 radical (unpaired) electrons. The number of carbonyl (C=O) groups excluding carboxylic acids is 2. The number of nitrogens with one attached hydrogen (secondary N) is 2. The first kappa shape index (κ1) is 19.0. The lowest BCUT2D eigenvalue weighted by Crippen LogP contribution is -2.33. The molecular weight excluding hydrogens is 361 g/mol. The average Bonchev–Trinajstić information content (AvgIpc) is 2.70. The van der Waals surface area contributed by atoms with Gasteiger partial charge in [-0.05, 0) is 35.9 Å². The van der Waals surface area contributed by atoms with Crippen LogP contribution in [-0.4, -0.2) is 23.3 Å². The highest BCUT2D eigenvalue weighted by atomic mass is 19.1. The zero-order chi connectivity index (χ0) is 19.8. The quantitative estimate of drug-likeness (QED) is 0.660. The first-order valence-corrected chi connectivity index (χ1v) is 8.58. The summed E-state index contributed by atoms with van der Waals surface area (Å²) in [5.74, 6) is -0.195. The standard InChI is InChI=1S/C21H18FN3O3/c22-16-6-9-18(10-7-16)28-21-11-8-17(13-24-21)25-20(27)14-23-19(26)12-15-4-2-1-3-5-15/h1-11,13H,12,14H2,(H,23,26)(H,25,27). The Morgan fingerprint density at radius 1 is 0.929 bits per heavy atom. The molecule has 28 heavy (non-hydrogen) atoms. The minimum absolute atomic E-state index is 0.139. The summed E-state index contributed by atoms with van der Waals surface area (Å²) >= 11 is 0. The highest BCUT2D eigenvalue weighted by Gasteiger charge is 2.07. The maximum atomic E-state index is 12.9. The van der Waals surface area contributed by atoms with Crippen molar-refractivity contribution in [3.8, 4) is 11.6 Å². The molecular formula is C21H18FN3O3. The SMILES string of the molecule is O=C(Cc1ccccc1)NCC(=O)Nc1ccc(Oc2ccc(F)cc2)nc1. The van der Waals surface area contributed by atoms with Crippen molar-refractivity contribution in [2.45, 2.75) is 6.42 Å². The molecule has 0 fully saturated rings. The average molecular weight is 379 g/mol. The molecule has 0 aliphatic heterocycles. The van der Waals surface area contributed by atoms with Crippen molar-refractivity contribution in [3.63, 3.8) is 0 Å². The normalized spacial score (nSPS) is 10.2. The van der Waals surface area contributed by atoms with Gasteiger partial charge in [-0.25, -0.2) is 9.37 Å². The predicted molar refractivity (Wildman–Crippen MR) is 102 cm³/mol.